The largest absolute Gasteiger partial charge is 0.483 e. The number of halogens is 4. The number of benzene rings is 2. The number of nitrogens with zero attached hydrogens (tertiary/aromatic N) is 1. The van der Waals surface area contributed by atoms with Crippen LogP contribution >= 0.6 is 11.6 Å². The number of morpholine rings is 1. The van der Waals surface area contributed by atoms with E-state index in [4.69, 9.17) is 21.1 Å². The Kier molecular flexibility index (Phi) is 7.10. The first-order chi connectivity index (χ1) is 14.6. The van der Waals surface area contributed by atoms with Gasteiger partial charge in [0.05, 0.1) is 23.8 Å². The van der Waals surface area contributed by atoms with Crippen molar-refractivity contribution >= 4 is 33.2 Å². The highest BCUT2D eigenvalue weighted by molar-refractivity contribution is 7.89. The Morgan fingerprint density at radius 2 is 1.84 bits per heavy atom. The van der Waals surface area contributed by atoms with Crippen molar-refractivity contribution in [3.8, 4) is 5.75 Å². The van der Waals surface area contributed by atoms with Crippen molar-refractivity contribution in [3.05, 3.63) is 53.1 Å². The number of ether oxygens (including phenoxy) is 2. The van der Waals surface area contributed by atoms with Gasteiger partial charge in [-0.25, -0.2) is 8.42 Å². The van der Waals surface area contributed by atoms with Crippen LogP contribution in [0.5, 0.6) is 5.75 Å². The third-order valence-electron chi connectivity index (χ3n) is 4.35. The SMILES string of the molecule is O=C(COc1ccccc1C(F)(F)F)Nc1ccc(Cl)c(S(=O)(=O)N2CCOCC2)c1. The van der Waals surface area contributed by atoms with Crippen molar-refractivity contribution in [3.63, 3.8) is 0 Å². The molecule has 31 heavy (non-hydrogen) atoms. The van der Waals surface area contributed by atoms with Gasteiger partial charge in [0.1, 0.15) is 10.6 Å². The van der Waals surface area contributed by atoms with Crippen LogP contribution in [0.4, 0.5) is 18.9 Å². The lowest BCUT2D eigenvalue weighted by atomic mass is 10.2. The zero-order valence-corrected chi connectivity index (χ0v) is 17.6. The summed E-state index contributed by atoms with van der Waals surface area (Å²) in [7, 11) is -3.91. The fraction of sp³-hybridized carbons (Fsp3) is 0.316. The molecule has 0 aliphatic carbocycles. The van der Waals surface area contributed by atoms with Crippen LogP contribution in [0.2, 0.25) is 5.02 Å². The van der Waals surface area contributed by atoms with E-state index in [-0.39, 0.29) is 41.9 Å². The molecular formula is C19H18ClF3N2O5S. The molecule has 1 saturated heterocycles. The molecule has 1 amide bonds. The molecule has 0 atom stereocenters. The molecule has 0 spiro atoms. The van der Waals surface area contributed by atoms with E-state index in [0.29, 0.717) is 0 Å². The quantitative estimate of drug-likeness (QED) is 0.688. The summed E-state index contributed by atoms with van der Waals surface area (Å²) < 4.78 is 76.1. The molecule has 1 heterocycles. The molecule has 0 saturated carbocycles. The monoisotopic (exact) mass is 478 g/mol. The van der Waals surface area contributed by atoms with E-state index in [9.17, 15) is 26.4 Å². The highest BCUT2D eigenvalue weighted by Gasteiger charge is 2.34. The molecule has 12 heteroatoms. The molecule has 0 unspecified atom stereocenters. The van der Waals surface area contributed by atoms with Gasteiger partial charge in [0.25, 0.3) is 5.91 Å². The molecule has 2 aromatic carbocycles. The molecule has 0 bridgehead atoms. The highest BCUT2D eigenvalue weighted by Crippen LogP contribution is 2.36. The van der Waals surface area contributed by atoms with Crippen LogP contribution in [0.3, 0.4) is 0 Å². The van der Waals surface area contributed by atoms with Crippen LogP contribution in [-0.2, 0) is 25.7 Å². The second kappa shape index (κ2) is 9.43. The average molecular weight is 479 g/mol. The Bertz CT molecular complexity index is 1060. The van der Waals surface area contributed by atoms with Crippen LogP contribution in [0.1, 0.15) is 5.56 Å². The number of carbonyl (C=O) groups excluding carboxylic acids is 1. The van der Waals surface area contributed by atoms with Gasteiger partial charge in [-0.15, -0.1) is 0 Å². The predicted molar refractivity (Wildman–Crippen MR) is 107 cm³/mol. The summed E-state index contributed by atoms with van der Waals surface area (Å²) in [5, 5.41) is 2.37. The Morgan fingerprint density at radius 3 is 2.52 bits per heavy atom. The van der Waals surface area contributed by atoms with Gasteiger partial charge in [-0.05, 0) is 30.3 Å². The molecule has 7 nitrogen and oxygen atoms in total. The van der Waals surface area contributed by atoms with Crippen LogP contribution in [0, 0.1) is 0 Å². The van der Waals surface area contributed by atoms with Crippen molar-refractivity contribution in [1.82, 2.24) is 4.31 Å². The number of amides is 1. The van der Waals surface area contributed by atoms with Crippen molar-refractivity contribution in [2.24, 2.45) is 0 Å². The number of hydrogen-bond donors (Lipinski definition) is 1. The Labute approximate surface area is 181 Å². The lowest BCUT2D eigenvalue weighted by molar-refractivity contribution is -0.139. The average Bonchev–Trinajstić information content (AvgIpc) is 2.73. The first-order valence-corrected chi connectivity index (χ1v) is 10.9. The molecule has 0 radical (unpaired) electrons. The number of sulfonamides is 1. The van der Waals surface area contributed by atoms with Crippen molar-refractivity contribution < 1.29 is 35.9 Å². The number of anilines is 1. The summed E-state index contributed by atoms with van der Waals surface area (Å²) in [5.74, 6) is -1.26. The second-order valence-electron chi connectivity index (χ2n) is 6.49. The van der Waals surface area contributed by atoms with E-state index in [1.165, 1.54) is 34.6 Å². The molecule has 2 aromatic rings. The van der Waals surface area contributed by atoms with Gasteiger partial charge in [0, 0.05) is 18.8 Å². The Balaban J connectivity index is 1.71. The number of nitrogens with one attached hydrogen (secondary N) is 1. The summed E-state index contributed by atoms with van der Waals surface area (Å²) in [4.78, 5) is 12.0. The van der Waals surface area contributed by atoms with Crippen LogP contribution in [-0.4, -0.2) is 51.5 Å². The lowest BCUT2D eigenvalue weighted by Crippen LogP contribution is -2.40. The summed E-state index contributed by atoms with van der Waals surface area (Å²) in [6, 6.07) is 8.38. The Morgan fingerprint density at radius 1 is 1.16 bits per heavy atom. The van der Waals surface area contributed by atoms with E-state index >= 15 is 0 Å². The number of alkyl halides is 3. The van der Waals surface area contributed by atoms with Crippen molar-refractivity contribution in [1.29, 1.82) is 0 Å². The van der Waals surface area contributed by atoms with E-state index < -0.39 is 40.0 Å². The number of para-hydroxylation sites is 1. The minimum atomic E-state index is -4.63. The first-order valence-electron chi connectivity index (χ1n) is 9.05. The molecule has 1 aliphatic rings. The van der Waals surface area contributed by atoms with Gasteiger partial charge in [0.2, 0.25) is 10.0 Å². The zero-order valence-electron chi connectivity index (χ0n) is 16.0. The summed E-state index contributed by atoms with van der Waals surface area (Å²) in [6.07, 6.45) is -4.63. The number of rotatable bonds is 6. The first kappa shape index (κ1) is 23.3. The Hall–Kier alpha value is -2.34. The third kappa shape index (κ3) is 5.67. The van der Waals surface area contributed by atoms with Crippen LogP contribution < -0.4 is 10.1 Å². The summed E-state index contributed by atoms with van der Waals surface area (Å²) in [6.45, 7) is 0.138. The van der Waals surface area contributed by atoms with Crippen LogP contribution in [0.15, 0.2) is 47.4 Å². The van der Waals surface area contributed by atoms with Gasteiger partial charge in [-0.2, -0.15) is 17.5 Å². The van der Waals surface area contributed by atoms with Crippen molar-refractivity contribution in [2.75, 3.05) is 38.2 Å². The minimum absolute atomic E-state index is 0.0279. The van der Waals surface area contributed by atoms with Gasteiger partial charge < -0.3 is 14.8 Å². The van der Waals surface area contributed by atoms with Gasteiger partial charge in [0.15, 0.2) is 6.61 Å². The number of hydrogen-bond acceptors (Lipinski definition) is 5. The lowest BCUT2D eigenvalue weighted by Gasteiger charge is -2.26. The molecule has 1 aliphatic heterocycles. The van der Waals surface area contributed by atoms with E-state index in [1.807, 2.05) is 0 Å². The van der Waals surface area contributed by atoms with Gasteiger partial charge >= 0.3 is 6.18 Å². The van der Waals surface area contributed by atoms with Crippen molar-refractivity contribution in [2.45, 2.75) is 11.1 Å². The maximum absolute atomic E-state index is 13.0. The summed E-state index contributed by atoms with van der Waals surface area (Å²) in [5.41, 5.74) is -0.901. The molecular weight excluding hydrogens is 461 g/mol. The topological polar surface area (TPSA) is 84.9 Å². The second-order valence-corrected chi connectivity index (χ2v) is 8.81. The van der Waals surface area contributed by atoms with E-state index in [2.05, 4.69) is 5.32 Å². The van der Waals surface area contributed by atoms with E-state index in [1.54, 1.807) is 0 Å². The van der Waals surface area contributed by atoms with Gasteiger partial charge in [-0.1, -0.05) is 23.7 Å². The highest BCUT2D eigenvalue weighted by atomic mass is 35.5. The standard InChI is InChI=1S/C19H18ClF3N2O5S/c20-15-6-5-13(11-17(15)31(27,28)25-7-9-29-10-8-25)24-18(26)12-30-16-4-2-1-3-14(16)19(21,22)23/h1-6,11H,7-10,12H2,(H,24,26). The fourth-order valence-corrected chi connectivity index (χ4v) is 4.78. The normalized spacial score (nSPS) is 15.5. The van der Waals surface area contributed by atoms with Gasteiger partial charge in [-0.3, -0.25) is 4.79 Å². The fourth-order valence-electron chi connectivity index (χ4n) is 2.87. The third-order valence-corrected chi connectivity index (χ3v) is 6.73. The zero-order chi connectivity index (χ0) is 22.6. The minimum Gasteiger partial charge on any atom is -0.483 e. The maximum atomic E-state index is 13.0. The number of carbonyl (C=O) groups is 1. The molecule has 3 rings (SSSR count). The molecule has 168 valence electrons. The molecule has 0 aromatic heterocycles. The maximum Gasteiger partial charge on any atom is 0.419 e. The molecule has 1 fully saturated rings. The molecule has 1 N–H and O–H groups in total. The summed E-state index contributed by atoms with van der Waals surface area (Å²) >= 11 is 6.06. The van der Waals surface area contributed by atoms with E-state index in [0.717, 1.165) is 12.1 Å². The predicted octanol–water partition coefficient (Wildman–Crippen LogP) is 3.40. The van der Waals surface area contributed by atoms with Crippen LogP contribution in [0.25, 0.3) is 0 Å². The smallest absolute Gasteiger partial charge is 0.419 e.